The first-order valence-electron chi connectivity index (χ1n) is 5.45. The van der Waals surface area contributed by atoms with Crippen LogP contribution in [0.3, 0.4) is 0 Å². The Bertz CT molecular complexity index is 479. The van der Waals surface area contributed by atoms with Crippen LogP contribution in [-0.4, -0.2) is 16.2 Å². The summed E-state index contributed by atoms with van der Waals surface area (Å²) in [6.07, 6.45) is 1.29. The van der Waals surface area contributed by atoms with Crippen LogP contribution in [0, 0.1) is 0 Å². The van der Waals surface area contributed by atoms with Crippen LogP contribution >= 0.6 is 15.9 Å². The molecule has 1 heterocycles. The van der Waals surface area contributed by atoms with Crippen LogP contribution in [0.15, 0.2) is 33.3 Å². The van der Waals surface area contributed by atoms with Crippen molar-refractivity contribution < 1.29 is 4.52 Å². The third kappa shape index (κ3) is 3.64. The van der Waals surface area contributed by atoms with Crippen LogP contribution in [-0.2, 0) is 12.8 Å². The number of rotatable bonds is 4. The van der Waals surface area contributed by atoms with Gasteiger partial charge in [-0.3, -0.25) is 0 Å². The summed E-state index contributed by atoms with van der Waals surface area (Å²) in [5, 5.41) is 3.93. The lowest BCUT2D eigenvalue weighted by molar-refractivity contribution is 0.367. The molecule has 0 radical (unpaired) electrons. The summed E-state index contributed by atoms with van der Waals surface area (Å²) in [6, 6.07) is 8.10. The highest BCUT2D eigenvalue weighted by Gasteiger charge is 2.08. The molecule has 0 saturated carbocycles. The molecular formula is C12H14BrN3O. The van der Waals surface area contributed by atoms with E-state index in [1.54, 1.807) is 0 Å². The number of benzene rings is 1. The Balaban J connectivity index is 2.03. The van der Waals surface area contributed by atoms with Gasteiger partial charge >= 0.3 is 0 Å². The lowest BCUT2D eigenvalue weighted by Crippen LogP contribution is -2.17. The highest BCUT2D eigenvalue weighted by molar-refractivity contribution is 9.10. The number of aromatic nitrogens is 2. The van der Waals surface area contributed by atoms with Crippen molar-refractivity contribution in [3.05, 3.63) is 46.0 Å². The lowest BCUT2D eigenvalue weighted by atomic mass is 10.1. The molecule has 2 rings (SSSR count). The summed E-state index contributed by atoms with van der Waals surface area (Å²) < 4.78 is 6.18. The van der Waals surface area contributed by atoms with E-state index < -0.39 is 0 Å². The Hall–Kier alpha value is -1.20. The molecule has 0 fully saturated rings. The molecule has 0 aliphatic rings. The van der Waals surface area contributed by atoms with Crippen molar-refractivity contribution in [2.24, 2.45) is 5.73 Å². The fourth-order valence-corrected chi connectivity index (χ4v) is 1.77. The maximum Gasteiger partial charge on any atom is 0.228 e. The molecule has 4 nitrogen and oxygen atoms in total. The van der Waals surface area contributed by atoms with E-state index in [1.165, 1.54) is 0 Å². The zero-order chi connectivity index (χ0) is 12.3. The van der Waals surface area contributed by atoms with E-state index in [2.05, 4.69) is 26.1 Å². The summed E-state index contributed by atoms with van der Waals surface area (Å²) in [7, 11) is 0. The Kier molecular flexibility index (Phi) is 3.91. The third-order valence-electron chi connectivity index (χ3n) is 2.28. The largest absolute Gasteiger partial charge is 0.339 e. The van der Waals surface area contributed by atoms with Gasteiger partial charge in [0, 0.05) is 23.4 Å². The SMILES string of the molecule is CC(N)Cc1nc(Cc2ccc(Br)cc2)no1. The van der Waals surface area contributed by atoms with Gasteiger partial charge in [0.2, 0.25) is 5.89 Å². The maximum atomic E-state index is 5.67. The van der Waals surface area contributed by atoms with Crippen molar-refractivity contribution in [1.82, 2.24) is 10.1 Å². The first-order chi connectivity index (χ1) is 8.13. The summed E-state index contributed by atoms with van der Waals surface area (Å²) >= 11 is 3.40. The number of hydrogen-bond acceptors (Lipinski definition) is 4. The van der Waals surface area contributed by atoms with Crippen molar-refractivity contribution in [2.45, 2.75) is 25.8 Å². The van der Waals surface area contributed by atoms with E-state index in [4.69, 9.17) is 10.3 Å². The predicted octanol–water partition coefficient (Wildman–Crippen LogP) is 2.31. The summed E-state index contributed by atoms with van der Waals surface area (Å²) in [6.45, 7) is 1.92. The van der Waals surface area contributed by atoms with Crippen molar-refractivity contribution in [1.29, 1.82) is 0 Å². The molecule has 1 unspecified atom stereocenters. The quantitative estimate of drug-likeness (QED) is 0.940. The molecule has 0 amide bonds. The highest BCUT2D eigenvalue weighted by Crippen LogP contribution is 2.13. The van der Waals surface area contributed by atoms with E-state index in [0.29, 0.717) is 24.6 Å². The first kappa shape index (κ1) is 12.3. The Labute approximate surface area is 108 Å². The van der Waals surface area contributed by atoms with Crippen LogP contribution in [0.5, 0.6) is 0 Å². The minimum absolute atomic E-state index is 0.0379. The van der Waals surface area contributed by atoms with Crippen molar-refractivity contribution >= 4 is 15.9 Å². The van der Waals surface area contributed by atoms with Gasteiger partial charge in [-0.2, -0.15) is 4.98 Å². The number of nitrogens with two attached hydrogens (primary N) is 1. The average molecular weight is 296 g/mol. The molecule has 2 aromatic rings. The summed E-state index contributed by atoms with van der Waals surface area (Å²) in [4.78, 5) is 4.30. The molecule has 1 aromatic heterocycles. The standard InChI is InChI=1S/C12H14BrN3O/c1-8(14)6-12-15-11(16-17-12)7-9-2-4-10(13)5-3-9/h2-5,8H,6-7,14H2,1H3. The maximum absolute atomic E-state index is 5.67. The summed E-state index contributed by atoms with van der Waals surface area (Å²) in [5.74, 6) is 1.30. The molecule has 90 valence electrons. The molecule has 5 heteroatoms. The number of halogens is 1. The van der Waals surface area contributed by atoms with E-state index in [0.717, 1.165) is 10.0 Å². The van der Waals surface area contributed by atoms with Gasteiger partial charge in [-0.25, -0.2) is 0 Å². The normalized spacial score (nSPS) is 12.6. The zero-order valence-electron chi connectivity index (χ0n) is 9.56. The molecular weight excluding hydrogens is 282 g/mol. The van der Waals surface area contributed by atoms with Gasteiger partial charge in [0.05, 0.1) is 0 Å². The Morgan fingerprint density at radius 1 is 1.35 bits per heavy atom. The molecule has 1 atom stereocenters. The van der Waals surface area contributed by atoms with E-state index in [-0.39, 0.29) is 6.04 Å². The van der Waals surface area contributed by atoms with Crippen molar-refractivity contribution in [2.75, 3.05) is 0 Å². The second-order valence-corrected chi connectivity index (χ2v) is 5.00. The van der Waals surface area contributed by atoms with Crippen LogP contribution in [0.1, 0.15) is 24.2 Å². The van der Waals surface area contributed by atoms with Gasteiger partial charge in [-0.1, -0.05) is 33.2 Å². The van der Waals surface area contributed by atoms with Crippen LogP contribution < -0.4 is 5.73 Å². The highest BCUT2D eigenvalue weighted by atomic mass is 79.9. The van der Waals surface area contributed by atoms with Gasteiger partial charge < -0.3 is 10.3 Å². The molecule has 0 aliphatic heterocycles. The van der Waals surface area contributed by atoms with E-state index >= 15 is 0 Å². The van der Waals surface area contributed by atoms with Crippen LogP contribution in [0.2, 0.25) is 0 Å². The minimum Gasteiger partial charge on any atom is -0.339 e. The van der Waals surface area contributed by atoms with Crippen LogP contribution in [0.4, 0.5) is 0 Å². The smallest absolute Gasteiger partial charge is 0.228 e. The second kappa shape index (κ2) is 5.42. The minimum atomic E-state index is 0.0379. The van der Waals surface area contributed by atoms with Crippen molar-refractivity contribution in [3.63, 3.8) is 0 Å². The van der Waals surface area contributed by atoms with Gasteiger partial charge in [-0.15, -0.1) is 0 Å². The molecule has 0 spiro atoms. The fraction of sp³-hybridized carbons (Fsp3) is 0.333. The molecule has 17 heavy (non-hydrogen) atoms. The van der Waals surface area contributed by atoms with E-state index in [1.807, 2.05) is 31.2 Å². The van der Waals surface area contributed by atoms with Gasteiger partial charge in [0.1, 0.15) is 0 Å². The zero-order valence-corrected chi connectivity index (χ0v) is 11.1. The van der Waals surface area contributed by atoms with Crippen molar-refractivity contribution in [3.8, 4) is 0 Å². The molecule has 0 saturated heterocycles. The fourth-order valence-electron chi connectivity index (χ4n) is 1.51. The van der Waals surface area contributed by atoms with Gasteiger partial charge in [-0.05, 0) is 24.6 Å². The third-order valence-corrected chi connectivity index (χ3v) is 2.81. The van der Waals surface area contributed by atoms with Gasteiger partial charge in [0.15, 0.2) is 5.82 Å². The predicted molar refractivity (Wildman–Crippen MR) is 68.6 cm³/mol. The number of hydrogen-bond donors (Lipinski definition) is 1. The van der Waals surface area contributed by atoms with Gasteiger partial charge in [0.25, 0.3) is 0 Å². The number of nitrogens with zero attached hydrogens (tertiary/aromatic N) is 2. The van der Waals surface area contributed by atoms with E-state index in [9.17, 15) is 0 Å². The molecule has 1 aromatic carbocycles. The Morgan fingerprint density at radius 2 is 2.06 bits per heavy atom. The summed E-state index contributed by atoms with van der Waals surface area (Å²) in [5.41, 5.74) is 6.82. The molecule has 2 N–H and O–H groups in total. The lowest BCUT2D eigenvalue weighted by Gasteiger charge is -1.97. The monoisotopic (exact) mass is 295 g/mol. The van der Waals surface area contributed by atoms with Crippen LogP contribution in [0.25, 0.3) is 0 Å². The second-order valence-electron chi connectivity index (χ2n) is 4.09. The Morgan fingerprint density at radius 3 is 2.71 bits per heavy atom. The molecule has 0 aliphatic carbocycles. The average Bonchev–Trinajstić information content (AvgIpc) is 2.68. The molecule has 0 bridgehead atoms. The first-order valence-corrected chi connectivity index (χ1v) is 6.24. The topological polar surface area (TPSA) is 64.9 Å².